The fourth-order valence-corrected chi connectivity index (χ4v) is 4.51. The van der Waals surface area contributed by atoms with E-state index >= 15 is 0 Å². The third-order valence-corrected chi connectivity index (χ3v) is 5.87. The van der Waals surface area contributed by atoms with Gasteiger partial charge in [-0.2, -0.15) is 0 Å². The van der Waals surface area contributed by atoms with Gasteiger partial charge in [-0.15, -0.1) is 11.8 Å². The van der Waals surface area contributed by atoms with Crippen molar-refractivity contribution in [3.05, 3.63) is 51.1 Å². The molecular weight excluding hydrogens is 400 g/mol. The number of amides is 1. The molecule has 0 bridgehead atoms. The third-order valence-electron chi connectivity index (χ3n) is 4.93. The predicted molar refractivity (Wildman–Crippen MR) is 105 cm³/mol. The largest absolute Gasteiger partial charge is 0.481 e. The highest BCUT2D eigenvalue weighted by Crippen LogP contribution is 2.37. The number of benzene rings is 1. The number of aliphatic carboxylic acids is 1. The molecule has 3 rings (SSSR count). The first-order valence-corrected chi connectivity index (χ1v) is 10.3. The number of carboxylic acid groups (broad SMARTS) is 1. The summed E-state index contributed by atoms with van der Waals surface area (Å²) in [5, 5.41) is 19.5. The van der Waals surface area contributed by atoms with Gasteiger partial charge in [-0.05, 0) is 31.2 Å². The van der Waals surface area contributed by atoms with Gasteiger partial charge >= 0.3 is 5.97 Å². The Hall–Kier alpha value is -2.72. The summed E-state index contributed by atoms with van der Waals surface area (Å²) in [6, 6.07) is 5.05. The second-order valence-corrected chi connectivity index (χ2v) is 7.69. The lowest BCUT2D eigenvalue weighted by atomic mass is 9.98. The lowest BCUT2D eigenvalue weighted by Crippen LogP contribution is -2.40. The number of Topliss-reactive ketones (excluding diaryl/α,β-unsaturated/α-hetero) is 1. The van der Waals surface area contributed by atoms with Crippen molar-refractivity contribution in [2.45, 2.75) is 30.7 Å². The molecule has 0 spiro atoms. The molecule has 1 fully saturated rings. The van der Waals surface area contributed by atoms with Crippen molar-refractivity contribution in [1.29, 1.82) is 0 Å². The van der Waals surface area contributed by atoms with Gasteiger partial charge in [0.25, 0.3) is 11.6 Å². The molecule has 154 valence electrons. The molecule has 9 nitrogen and oxygen atoms in total. The Kier molecular flexibility index (Phi) is 6.33. The minimum absolute atomic E-state index is 0.0433. The molecule has 2 aliphatic rings. The smallest absolute Gasteiger partial charge is 0.308 e. The lowest BCUT2D eigenvalue weighted by Gasteiger charge is -2.27. The third kappa shape index (κ3) is 4.33. The van der Waals surface area contributed by atoms with Gasteiger partial charge in [-0.3, -0.25) is 24.5 Å². The quantitative estimate of drug-likeness (QED) is 0.385. The van der Waals surface area contributed by atoms with E-state index in [-0.39, 0.29) is 35.0 Å². The number of hydrogen-bond donors (Lipinski definition) is 1. The van der Waals surface area contributed by atoms with Crippen LogP contribution in [0.1, 0.15) is 29.6 Å². The standard InChI is InChI=1S/C19H20N2O7S/c1-29-19-16(17(24)11-4-6-12(7-5-11)21(26)27)14(9-15(22)23)18(25)20(19)10-13-3-2-8-28-13/h4-7,13,19H,2-3,8-10H2,1H3,(H,22,23)/t13-,19+/m1/s1. The molecule has 1 aromatic carbocycles. The van der Waals surface area contributed by atoms with Crippen molar-refractivity contribution in [3.63, 3.8) is 0 Å². The molecular formula is C19H20N2O7S. The Morgan fingerprint density at radius 1 is 1.34 bits per heavy atom. The van der Waals surface area contributed by atoms with E-state index in [2.05, 4.69) is 0 Å². The monoisotopic (exact) mass is 420 g/mol. The molecule has 1 N–H and O–H groups in total. The maximum atomic E-state index is 13.2. The fourth-order valence-electron chi connectivity index (χ4n) is 3.59. The highest BCUT2D eigenvalue weighted by Gasteiger charge is 2.43. The summed E-state index contributed by atoms with van der Waals surface area (Å²) < 4.78 is 5.60. The van der Waals surface area contributed by atoms with Gasteiger partial charge in [-0.25, -0.2) is 0 Å². The van der Waals surface area contributed by atoms with Crippen LogP contribution in [-0.4, -0.2) is 63.5 Å². The highest BCUT2D eigenvalue weighted by atomic mass is 32.2. The van der Waals surface area contributed by atoms with Crippen LogP contribution in [0.5, 0.6) is 0 Å². The molecule has 0 aliphatic carbocycles. The highest BCUT2D eigenvalue weighted by molar-refractivity contribution is 7.99. The maximum absolute atomic E-state index is 13.2. The Bertz CT molecular complexity index is 875. The number of carbonyl (C=O) groups is 3. The van der Waals surface area contributed by atoms with E-state index in [1.807, 2.05) is 0 Å². The molecule has 0 aromatic heterocycles. The van der Waals surface area contributed by atoms with Crippen molar-refractivity contribution < 1.29 is 29.2 Å². The van der Waals surface area contributed by atoms with Crippen LogP contribution in [0.4, 0.5) is 5.69 Å². The summed E-state index contributed by atoms with van der Waals surface area (Å²) >= 11 is 1.27. The zero-order chi connectivity index (χ0) is 21.1. The molecule has 0 saturated carbocycles. The molecule has 1 aromatic rings. The minimum atomic E-state index is -1.21. The first-order valence-electron chi connectivity index (χ1n) is 9.02. The topological polar surface area (TPSA) is 127 Å². The van der Waals surface area contributed by atoms with Crippen LogP contribution >= 0.6 is 11.8 Å². The summed E-state index contributed by atoms with van der Waals surface area (Å²) in [7, 11) is 0. The van der Waals surface area contributed by atoms with Gasteiger partial charge < -0.3 is 14.7 Å². The van der Waals surface area contributed by atoms with Gasteiger partial charge in [0.05, 0.1) is 17.4 Å². The van der Waals surface area contributed by atoms with Gasteiger partial charge in [0, 0.05) is 42.0 Å². The van der Waals surface area contributed by atoms with E-state index in [0.29, 0.717) is 6.61 Å². The molecule has 29 heavy (non-hydrogen) atoms. The summed E-state index contributed by atoms with van der Waals surface area (Å²) in [4.78, 5) is 49.3. The van der Waals surface area contributed by atoms with Gasteiger partial charge in [0.1, 0.15) is 5.37 Å². The van der Waals surface area contributed by atoms with Gasteiger partial charge in [0.15, 0.2) is 5.78 Å². The van der Waals surface area contributed by atoms with Crippen molar-refractivity contribution >= 4 is 35.1 Å². The predicted octanol–water partition coefficient (Wildman–Crippen LogP) is 2.26. The number of nitrogens with zero attached hydrogens (tertiary/aromatic N) is 2. The van der Waals surface area contributed by atoms with Crippen LogP contribution in [-0.2, 0) is 14.3 Å². The number of carboxylic acids is 1. The van der Waals surface area contributed by atoms with Crippen LogP contribution in [0.2, 0.25) is 0 Å². The van der Waals surface area contributed by atoms with Crippen LogP contribution in [0, 0.1) is 10.1 Å². The first kappa shape index (κ1) is 21.0. The fraction of sp³-hybridized carbons (Fsp3) is 0.421. The van der Waals surface area contributed by atoms with Crippen LogP contribution in [0.25, 0.3) is 0 Å². The molecule has 2 heterocycles. The van der Waals surface area contributed by atoms with E-state index < -0.39 is 34.4 Å². The van der Waals surface area contributed by atoms with Gasteiger partial charge in [0.2, 0.25) is 0 Å². The Morgan fingerprint density at radius 3 is 2.55 bits per heavy atom. The Balaban J connectivity index is 1.96. The van der Waals surface area contributed by atoms with Gasteiger partial charge in [-0.1, -0.05) is 0 Å². The van der Waals surface area contributed by atoms with E-state index in [4.69, 9.17) is 4.74 Å². The summed E-state index contributed by atoms with van der Waals surface area (Å²) in [6.07, 6.45) is 2.72. The van der Waals surface area contributed by atoms with Crippen molar-refractivity contribution in [2.24, 2.45) is 0 Å². The number of ketones is 1. The number of non-ortho nitro benzene ring substituents is 1. The Labute approximate surface area is 170 Å². The van der Waals surface area contributed by atoms with Crippen LogP contribution in [0.15, 0.2) is 35.4 Å². The number of carbonyl (C=O) groups excluding carboxylic acids is 2. The molecule has 2 aliphatic heterocycles. The van der Waals surface area contributed by atoms with Crippen molar-refractivity contribution in [2.75, 3.05) is 19.4 Å². The maximum Gasteiger partial charge on any atom is 0.308 e. The van der Waals surface area contributed by atoms with E-state index in [1.165, 1.54) is 40.9 Å². The number of ether oxygens (including phenoxy) is 1. The SMILES string of the molecule is CS[C@H]1C(C(=O)c2ccc([N+](=O)[O-])cc2)=C(CC(=O)O)C(=O)N1C[C@H]1CCCO1. The number of rotatable bonds is 8. The average Bonchev–Trinajstić information content (AvgIpc) is 3.29. The molecule has 10 heteroatoms. The molecule has 0 unspecified atom stereocenters. The minimum Gasteiger partial charge on any atom is -0.481 e. The summed E-state index contributed by atoms with van der Waals surface area (Å²) in [5.74, 6) is -2.19. The second kappa shape index (κ2) is 8.75. The molecule has 1 saturated heterocycles. The average molecular weight is 420 g/mol. The number of nitro benzene ring substituents is 1. The Morgan fingerprint density at radius 2 is 2.03 bits per heavy atom. The normalized spacial score (nSPS) is 21.7. The van der Waals surface area contributed by atoms with E-state index in [1.54, 1.807) is 6.26 Å². The second-order valence-electron chi connectivity index (χ2n) is 6.78. The number of nitro groups is 1. The zero-order valence-corrected chi connectivity index (χ0v) is 16.5. The summed E-state index contributed by atoms with van der Waals surface area (Å²) in [6.45, 7) is 0.894. The zero-order valence-electron chi connectivity index (χ0n) is 15.7. The number of thioether (sulfide) groups is 1. The molecule has 1 amide bonds. The van der Waals surface area contributed by atoms with Crippen LogP contribution in [0.3, 0.4) is 0 Å². The van der Waals surface area contributed by atoms with Crippen LogP contribution < -0.4 is 0 Å². The van der Waals surface area contributed by atoms with E-state index in [9.17, 15) is 29.6 Å². The first-order chi connectivity index (χ1) is 13.8. The molecule has 0 radical (unpaired) electrons. The molecule has 2 atom stereocenters. The van der Waals surface area contributed by atoms with E-state index in [0.717, 1.165) is 12.8 Å². The van der Waals surface area contributed by atoms with Crippen molar-refractivity contribution in [1.82, 2.24) is 4.90 Å². The lowest BCUT2D eigenvalue weighted by molar-refractivity contribution is -0.384. The number of hydrogen-bond acceptors (Lipinski definition) is 7. The summed E-state index contributed by atoms with van der Waals surface area (Å²) in [5.41, 5.74) is 0.0828. The van der Waals surface area contributed by atoms with Crippen molar-refractivity contribution in [3.8, 4) is 0 Å².